The van der Waals surface area contributed by atoms with Gasteiger partial charge in [0.25, 0.3) is 0 Å². The Morgan fingerprint density at radius 1 is 1.33 bits per heavy atom. The highest BCUT2D eigenvalue weighted by atomic mass is 127. The van der Waals surface area contributed by atoms with E-state index in [0.29, 0.717) is 24.0 Å². The third kappa shape index (κ3) is 11.7. The van der Waals surface area contributed by atoms with Crippen molar-refractivity contribution in [2.45, 2.75) is 25.4 Å². The lowest BCUT2D eigenvalue weighted by Gasteiger charge is -2.20. The average molecular weight is 466 g/mol. The summed E-state index contributed by atoms with van der Waals surface area (Å²) in [6, 6.07) is 0. The van der Waals surface area contributed by atoms with Crippen LogP contribution >= 0.6 is 24.0 Å². The van der Waals surface area contributed by atoms with Crippen LogP contribution in [0.5, 0.6) is 0 Å². The van der Waals surface area contributed by atoms with E-state index in [1.54, 1.807) is 0 Å². The van der Waals surface area contributed by atoms with Crippen molar-refractivity contribution in [2.24, 2.45) is 10.9 Å². The quantitative estimate of drug-likeness (QED) is 0.235. The highest BCUT2D eigenvalue weighted by Crippen LogP contribution is 2.28. The zero-order valence-electron chi connectivity index (χ0n) is 14.0. The number of aliphatic imine (C=N–C) groups is 1. The first-order valence-corrected chi connectivity index (χ1v) is 7.65. The van der Waals surface area contributed by atoms with Crippen molar-refractivity contribution in [1.29, 1.82) is 0 Å². The van der Waals surface area contributed by atoms with Crippen LogP contribution in [0.1, 0.15) is 19.3 Å². The second-order valence-corrected chi connectivity index (χ2v) is 5.59. The van der Waals surface area contributed by atoms with E-state index in [1.165, 1.54) is 19.9 Å². The first-order chi connectivity index (χ1) is 10.8. The third-order valence-electron chi connectivity index (χ3n) is 3.28. The number of likely N-dealkylation sites (N-methyl/N-ethyl adjacent to an activating group) is 1. The molecule has 1 aliphatic rings. The molecule has 0 radical (unpaired) electrons. The second-order valence-electron chi connectivity index (χ2n) is 5.59. The van der Waals surface area contributed by atoms with E-state index in [0.717, 1.165) is 26.0 Å². The summed E-state index contributed by atoms with van der Waals surface area (Å²) >= 11 is 0. The minimum Gasteiger partial charge on any atom is -0.381 e. The number of rotatable bonds is 9. The number of hydrogen-bond donors (Lipinski definition) is 2. The number of guanidine groups is 1. The van der Waals surface area contributed by atoms with Gasteiger partial charge < -0.3 is 20.3 Å². The molecular weight excluding hydrogens is 440 g/mol. The lowest BCUT2D eigenvalue weighted by atomic mass is 10.4. The van der Waals surface area contributed by atoms with Crippen molar-refractivity contribution in [3.63, 3.8) is 0 Å². The van der Waals surface area contributed by atoms with Gasteiger partial charge in [0, 0.05) is 33.9 Å². The maximum absolute atomic E-state index is 12.2. The van der Waals surface area contributed by atoms with E-state index in [1.807, 2.05) is 0 Å². The molecule has 1 rings (SSSR count). The monoisotopic (exact) mass is 466 g/mol. The minimum absolute atomic E-state index is 0. The van der Waals surface area contributed by atoms with Gasteiger partial charge in [-0.2, -0.15) is 13.2 Å². The van der Waals surface area contributed by atoms with Gasteiger partial charge in [-0.25, -0.2) is 0 Å². The van der Waals surface area contributed by atoms with Gasteiger partial charge in [-0.3, -0.25) is 9.79 Å². The fraction of sp³-hybridized carbons (Fsp3) is 0.857. The molecule has 142 valence electrons. The first-order valence-electron chi connectivity index (χ1n) is 7.65. The average Bonchev–Trinajstić information content (AvgIpc) is 3.27. The van der Waals surface area contributed by atoms with Gasteiger partial charge in [0.1, 0.15) is 6.54 Å². The number of amides is 1. The molecule has 0 saturated heterocycles. The number of nitrogens with one attached hydrogen (secondary N) is 2. The standard InChI is InChI=1S/C14H25F3N4O2.HI/c1-18-13(19-6-3-7-23-9-11-4-5-11)20-8-12(22)21(2)10-14(15,16)17;/h11H,3-10H2,1-2H3,(H2,18,19,20);1H. The lowest BCUT2D eigenvalue weighted by Crippen LogP contribution is -2.45. The molecule has 1 aliphatic carbocycles. The van der Waals surface area contributed by atoms with Crippen LogP contribution in [-0.4, -0.2) is 69.9 Å². The summed E-state index contributed by atoms with van der Waals surface area (Å²) in [6.45, 7) is 0.556. The van der Waals surface area contributed by atoms with Crippen molar-refractivity contribution in [3.8, 4) is 0 Å². The molecule has 0 bridgehead atoms. The van der Waals surface area contributed by atoms with Crippen molar-refractivity contribution in [1.82, 2.24) is 15.5 Å². The number of nitrogens with zero attached hydrogens (tertiary/aromatic N) is 2. The van der Waals surface area contributed by atoms with E-state index in [-0.39, 0.29) is 30.5 Å². The van der Waals surface area contributed by atoms with E-state index >= 15 is 0 Å². The molecular formula is C14H26F3IN4O2. The molecule has 10 heteroatoms. The molecule has 0 aliphatic heterocycles. The van der Waals surface area contributed by atoms with Gasteiger partial charge in [-0.1, -0.05) is 0 Å². The van der Waals surface area contributed by atoms with Crippen LogP contribution in [0.2, 0.25) is 0 Å². The highest BCUT2D eigenvalue weighted by molar-refractivity contribution is 14.0. The van der Waals surface area contributed by atoms with Crippen LogP contribution in [0.15, 0.2) is 4.99 Å². The van der Waals surface area contributed by atoms with E-state index in [2.05, 4.69) is 15.6 Å². The zero-order valence-corrected chi connectivity index (χ0v) is 16.3. The number of carbonyl (C=O) groups excluding carboxylic acids is 1. The van der Waals surface area contributed by atoms with Crippen LogP contribution < -0.4 is 10.6 Å². The van der Waals surface area contributed by atoms with Gasteiger partial charge in [0.05, 0.1) is 6.54 Å². The number of alkyl halides is 3. The predicted octanol–water partition coefficient (Wildman–Crippen LogP) is 1.61. The lowest BCUT2D eigenvalue weighted by molar-refractivity contribution is -0.157. The van der Waals surface area contributed by atoms with E-state index in [4.69, 9.17) is 4.74 Å². The van der Waals surface area contributed by atoms with Crippen molar-refractivity contribution < 1.29 is 22.7 Å². The summed E-state index contributed by atoms with van der Waals surface area (Å²) in [5.41, 5.74) is 0. The summed E-state index contributed by atoms with van der Waals surface area (Å²) in [5.74, 6) is 0.455. The number of ether oxygens (including phenoxy) is 1. The molecule has 24 heavy (non-hydrogen) atoms. The summed E-state index contributed by atoms with van der Waals surface area (Å²) in [4.78, 5) is 16.1. The molecule has 6 nitrogen and oxygen atoms in total. The zero-order chi connectivity index (χ0) is 17.3. The molecule has 0 aromatic carbocycles. The van der Waals surface area contributed by atoms with Crippen molar-refractivity contribution >= 4 is 35.8 Å². The Hall–Kier alpha value is -0.780. The Labute approximate surface area is 157 Å². The summed E-state index contributed by atoms with van der Waals surface area (Å²) in [5, 5.41) is 5.68. The summed E-state index contributed by atoms with van der Waals surface area (Å²) < 4.78 is 42.1. The number of halogens is 4. The van der Waals surface area contributed by atoms with Gasteiger partial charge in [0.2, 0.25) is 5.91 Å². The molecule has 1 fully saturated rings. The van der Waals surface area contributed by atoms with Gasteiger partial charge in [0.15, 0.2) is 5.96 Å². The Bertz CT molecular complexity index is 404. The van der Waals surface area contributed by atoms with Crippen LogP contribution in [0.4, 0.5) is 13.2 Å². The van der Waals surface area contributed by atoms with Crippen LogP contribution in [0.25, 0.3) is 0 Å². The Balaban J connectivity index is 0.00000529. The van der Waals surface area contributed by atoms with Crippen molar-refractivity contribution in [2.75, 3.05) is 46.9 Å². The van der Waals surface area contributed by atoms with Gasteiger partial charge in [-0.05, 0) is 25.2 Å². The molecule has 2 N–H and O–H groups in total. The maximum Gasteiger partial charge on any atom is 0.406 e. The van der Waals surface area contributed by atoms with Crippen molar-refractivity contribution in [3.05, 3.63) is 0 Å². The summed E-state index contributed by atoms with van der Waals surface area (Å²) in [6.07, 6.45) is -1.10. The minimum atomic E-state index is -4.40. The maximum atomic E-state index is 12.2. The Morgan fingerprint density at radius 2 is 2.00 bits per heavy atom. The Kier molecular flexibility index (Phi) is 11.3. The summed E-state index contributed by atoms with van der Waals surface area (Å²) in [7, 11) is 2.65. The number of hydrogen-bond acceptors (Lipinski definition) is 3. The second kappa shape index (κ2) is 11.7. The molecule has 0 spiro atoms. The van der Waals surface area contributed by atoms with E-state index in [9.17, 15) is 18.0 Å². The van der Waals surface area contributed by atoms with Gasteiger partial charge in [-0.15, -0.1) is 24.0 Å². The third-order valence-corrected chi connectivity index (χ3v) is 3.28. The van der Waals surface area contributed by atoms with Crippen LogP contribution in [-0.2, 0) is 9.53 Å². The van der Waals surface area contributed by atoms with Gasteiger partial charge >= 0.3 is 6.18 Å². The molecule has 0 aromatic heterocycles. The SMILES string of the molecule is CN=C(NCCCOCC1CC1)NCC(=O)N(C)CC(F)(F)F.I. The smallest absolute Gasteiger partial charge is 0.381 e. The fourth-order valence-electron chi connectivity index (χ4n) is 1.79. The predicted molar refractivity (Wildman–Crippen MR) is 96.6 cm³/mol. The number of carbonyl (C=O) groups is 1. The molecule has 0 aromatic rings. The van der Waals surface area contributed by atoms with Crippen LogP contribution in [0, 0.1) is 5.92 Å². The van der Waals surface area contributed by atoms with E-state index < -0.39 is 18.6 Å². The topological polar surface area (TPSA) is 66.0 Å². The molecule has 0 atom stereocenters. The largest absolute Gasteiger partial charge is 0.406 e. The molecule has 1 amide bonds. The normalized spacial score (nSPS) is 14.8. The molecule has 1 saturated carbocycles. The molecule has 0 heterocycles. The highest BCUT2D eigenvalue weighted by Gasteiger charge is 2.31. The fourth-order valence-corrected chi connectivity index (χ4v) is 1.79. The Morgan fingerprint density at radius 3 is 2.54 bits per heavy atom. The first kappa shape index (κ1) is 23.2. The molecule has 0 unspecified atom stereocenters. The van der Waals surface area contributed by atoms with Crippen LogP contribution in [0.3, 0.4) is 0 Å².